The fraction of sp³-hybridized carbons (Fsp3) is 0.818. The summed E-state index contributed by atoms with van der Waals surface area (Å²) in [6.07, 6.45) is 4.16. The fourth-order valence-electron chi connectivity index (χ4n) is 2.16. The Balaban J connectivity index is 1.81. The van der Waals surface area contributed by atoms with Crippen molar-refractivity contribution in [1.82, 2.24) is 10.2 Å². The highest BCUT2D eigenvalue weighted by atomic mass is 16.2. The molecule has 0 aromatic carbocycles. The van der Waals surface area contributed by atoms with Gasteiger partial charge in [-0.1, -0.05) is 0 Å². The molecule has 15 heavy (non-hydrogen) atoms. The maximum Gasteiger partial charge on any atom is 0.234 e. The summed E-state index contributed by atoms with van der Waals surface area (Å²) in [5, 5.41) is 2.95. The van der Waals surface area contributed by atoms with E-state index >= 15 is 0 Å². The largest absolute Gasteiger partial charge is 0.352 e. The average Bonchev–Trinajstić information content (AvgIpc) is 2.82. The Morgan fingerprint density at radius 1 is 1.33 bits per heavy atom. The molecule has 1 amide bonds. The van der Waals surface area contributed by atoms with Gasteiger partial charge in [0.15, 0.2) is 0 Å². The Morgan fingerprint density at radius 2 is 2.07 bits per heavy atom. The summed E-state index contributed by atoms with van der Waals surface area (Å²) in [6.45, 7) is 2.88. The number of Topliss-reactive ketones (excluding diaryl/α,β-unsaturated/α-hetero) is 1. The van der Waals surface area contributed by atoms with Gasteiger partial charge < -0.3 is 5.32 Å². The zero-order valence-corrected chi connectivity index (χ0v) is 9.16. The molecule has 1 aliphatic carbocycles. The SMILES string of the molecule is CC(=O)[C@H]1CCCN1CC(=O)NC1CC1. The van der Waals surface area contributed by atoms with E-state index in [1.165, 1.54) is 0 Å². The molecule has 0 radical (unpaired) electrons. The molecule has 1 saturated carbocycles. The zero-order valence-electron chi connectivity index (χ0n) is 9.16. The van der Waals surface area contributed by atoms with Crippen LogP contribution < -0.4 is 5.32 Å². The van der Waals surface area contributed by atoms with Gasteiger partial charge in [0.05, 0.1) is 12.6 Å². The van der Waals surface area contributed by atoms with E-state index in [0.29, 0.717) is 12.6 Å². The summed E-state index contributed by atoms with van der Waals surface area (Å²) < 4.78 is 0. The second kappa shape index (κ2) is 4.31. The van der Waals surface area contributed by atoms with Crippen LogP contribution in [0.5, 0.6) is 0 Å². The van der Waals surface area contributed by atoms with Crippen molar-refractivity contribution in [2.45, 2.75) is 44.7 Å². The lowest BCUT2D eigenvalue weighted by atomic mass is 10.1. The van der Waals surface area contributed by atoms with E-state index in [1.54, 1.807) is 6.92 Å². The van der Waals surface area contributed by atoms with Crippen LogP contribution in [0.4, 0.5) is 0 Å². The van der Waals surface area contributed by atoms with Gasteiger partial charge in [-0.15, -0.1) is 0 Å². The predicted molar refractivity (Wildman–Crippen MR) is 56.4 cm³/mol. The Labute approximate surface area is 90.0 Å². The van der Waals surface area contributed by atoms with Gasteiger partial charge >= 0.3 is 0 Å². The second-order valence-corrected chi connectivity index (χ2v) is 4.58. The molecule has 0 spiro atoms. The molecule has 1 heterocycles. The first-order valence-corrected chi connectivity index (χ1v) is 5.70. The molecule has 0 bridgehead atoms. The van der Waals surface area contributed by atoms with Crippen LogP contribution in [0.15, 0.2) is 0 Å². The van der Waals surface area contributed by atoms with E-state index in [1.807, 2.05) is 4.90 Å². The smallest absolute Gasteiger partial charge is 0.234 e. The quantitative estimate of drug-likeness (QED) is 0.727. The number of hydrogen-bond acceptors (Lipinski definition) is 3. The highest BCUT2D eigenvalue weighted by molar-refractivity contribution is 5.83. The van der Waals surface area contributed by atoms with Crippen molar-refractivity contribution in [3.63, 3.8) is 0 Å². The highest BCUT2D eigenvalue weighted by Crippen LogP contribution is 2.20. The number of nitrogens with zero attached hydrogens (tertiary/aromatic N) is 1. The molecule has 2 aliphatic rings. The van der Waals surface area contributed by atoms with E-state index in [2.05, 4.69) is 5.32 Å². The van der Waals surface area contributed by atoms with Gasteiger partial charge in [-0.3, -0.25) is 14.5 Å². The lowest BCUT2D eigenvalue weighted by Crippen LogP contribution is -2.42. The monoisotopic (exact) mass is 210 g/mol. The van der Waals surface area contributed by atoms with Gasteiger partial charge in [-0.25, -0.2) is 0 Å². The van der Waals surface area contributed by atoms with Crippen LogP contribution in [0.25, 0.3) is 0 Å². The maximum atomic E-state index is 11.6. The molecular formula is C11H18N2O2. The third-order valence-corrected chi connectivity index (χ3v) is 3.12. The van der Waals surface area contributed by atoms with Crippen molar-refractivity contribution >= 4 is 11.7 Å². The van der Waals surface area contributed by atoms with E-state index < -0.39 is 0 Å². The fourth-order valence-corrected chi connectivity index (χ4v) is 2.16. The first-order chi connectivity index (χ1) is 7.16. The van der Waals surface area contributed by atoms with Crippen LogP contribution in [-0.2, 0) is 9.59 Å². The van der Waals surface area contributed by atoms with Gasteiger partial charge in [0.1, 0.15) is 5.78 Å². The van der Waals surface area contributed by atoms with Crippen molar-refractivity contribution in [2.75, 3.05) is 13.1 Å². The molecule has 0 unspecified atom stereocenters. The van der Waals surface area contributed by atoms with Crippen LogP contribution in [-0.4, -0.2) is 41.8 Å². The lowest BCUT2D eigenvalue weighted by molar-refractivity contribution is -0.125. The molecule has 1 aliphatic heterocycles. The van der Waals surface area contributed by atoms with Crippen molar-refractivity contribution in [1.29, 1.82) is 0 Å². The van der Waals surface area contributed by atoms with Crippen molar-refractivity contribution in [2.24, 2.45) is 0 Å². The van der Waals surface area contributed by atoms with E-state index in [-0.39, 0.29) is 17.7 Å². The summed E-state index contributed by atoms with van der Waals surface area (Å²) in [5.74, 6) is 0.261. The predicted octanol–water partition coefficient (Wildman–Crippen LogP) is 0.318. The molecule has 2 rings (SSSR count). The van der Waals surface area contributed by atoms with Crippen LogP contribution in [0.2, 0.25) is 0 Å². The van der Waals surface area contributed by atoms with Gasteiger partial charge in [0.2, 0.25) is 5.91 Å². The van der Waals surface area contributed by atoms with E-state index in [0.717, 1.165) is 32.2 Å². The molecule has 2 fully saturated rings. The third-order valence-electron chi connectivity index (χ3n) is 3.12. The Hall–Kier alpha value is -0.900. The molecular weight excluding hydrogens is 192 g/mol. The van der Waals surface area contributed by atoms with Crippen LogP contribution in [0.1, 0.15) is 32.6 Å². The third kappa shape index (κ3) is 2.78. The normalized spacial score (nSPS) is 26.6. The average molecular weight is 210 g/mol. The Kier molecular flexibility index (Phi) is 3.05. The molecule has 4 heteroatoms. The van der Waals surface area contributed by atoms with Crippen molar-refractivity contribution in [3.8, 4) is 0 Å². The summed E-state index contributed by atoms with van der Waals surface area (Å²) in [4.78, 5) is 24.9. The topological polar surface area (TPSA) is 49.4 Å². The second-order valence-electron chi connectivity index (χ2n) is 4.58. The summed E-state index contributed by atoms with van der Waals surface area (Å²) in [7, 11) is 0. The van der Waals surface area contributed by atoms with E-state index in [9.17, 15) is 9.59 Å². The number of carbonyl (C=O) groups is 2. The first-order valence-electron chi connectivity index (χ1n) is 5.70. The Morgan fingerprint density at radius 3 is 2.67 bits per heavy atom. The van der Waals surface area contributed by atoms with Crippen molar-refractivity contribution in [3.05, 3.63) is 0 Å². The molecule has 0 aromatic heterocycles. The summed E-state index contributed by atoms with van der Waals surface area (Å²) >= 11 is 0. The minimum absolute atomic E-state index is 0.0186. The number of carbonyl (C=O) groups excluding carboxylic acids is 2. The number of nitrogens with one attached hydrogen (secondary N) is 1. The minimum Gasteiger partial charge on any atom is -0.352 e. The summed E-state index contributed by atoms with van der Waals surface area (Å²) in [5.41, 5.74) is 0. The molecule has 84 valence electrons. The summed E-state index contributed by atoms with van der Waals surface area (Å²) in [6, 6.07) is 0.394. The number of rotatable bonds is 4. The van der Waals surface area contributed by atoms with Crippen molar-refractivity contribution < 1.29 is 9.59 Å². The van der Waals surface area contributed by atoms with Crippen LogP contribution in [0, 0.1) is 0 Å². The number of ketones is 1. The molecule has 1 N–H and O–H groups in total. The number of likely N-dealkylation sites (tertiary alicyclic amines) is 1. The van der Waals surface area contributed by atoms with Gasteiger partial charge in [-0.05, 0) is 39.2 Å². The van der Waals surface area contributed by atoms with Gasteiger partial charge in [-0.2, -0.15) is 0 Å². The van der Waals surface area contributed by atoms with Gasteiger partial charge in [0, 0.05) is 6.04 Å². The molecule has 1 saturated heterocycles. The maximum absolute atomic E-state index is 11.6. The number of hydrogen-bond donors (Lipinski definition) is 1. The standard InChI is InChI=1S/C11H18N2O2/c1-8(14)10-3-2-6-13(10)7-11(15)12-9-4-5-9/h9-10H,2-7H2,1H3,(H,12,15)/t10-/m1/s1. The highest BCUT2D eigenvalue weighted by Gasteiger charge is 2.30. The van der Waals surface area contributed by atoms with E-state index in [4.69, 9.17) is 0 Å². The zero-order chi connectivity index (χ0) is 10.8. The number of amides is 1. The van der Waals surface area contributed by atoms with Crippen LogP contribution >= 0.6 is 0 Å². The Bertz CT molecular complexity index is 274. The molecule has 4 nitrogen and oxygen atoms in total. The molecule has 0 aromatic rings. The first kappa shape index (κ1) is 10.6. The lowest BCUT2D eigenvalue weighted by Gasteiger charge is -2.21. The minimum atomic E-state index is -0.0186. The molecule has 1 atom stereocenters. The van der Waals surface area contributed by atoms with Gasteiger partial charge in [0.25, 0.3) is 0 Å². The van der Waals surface area contributed by atoms with Crippen LogP contribution in [0.3, 0.4) is 0 Å².